The minimum Gasteiger partial charge on any atom is -0.405 e. The molecule has 0 bridgehead atoms. The van der Waals surface area contributed by atoms with Gasteiger partial charge in [-0.3, -0.25) is 0 Å². The molecule has 124 valence electrons. The van der Waals surface area contributed by atoms with Crippen LogP contribution in [-0.2, 0) is 12.6 Å². The second-order valence-electron chi connectivity index (χ2n) is 4.75. The lowest BCUT2D eigenvalue weighted by molar-refractivity contribution is -0.138. The summed E-state index contributed by atoms with van der Waals surface area (Å²) in [6, 6.07) is 4.61. The third kappa shape index (κ3) is 6.29. The molecular weight excluding hydrogens is 307 g/mol. The van der Waals surface area contributed by atoms with Crippen molar-refractivity contribution in [2.75, 3.05) is 0 Å². The van der Waals surface area contributed by atoms with Crippen LogP contribution in [0.3, 0.4) is 0 Å². The molecule has 0 radical (unpaired) electrons. The molecule has 7 heteroatoms. The quantitative estimate of drug-likeness (QED) is 0.702. The maximum Gasteiger partial charge on any atom is 0.416 e. The smallest absolute Gasteiger partial charge is 0.405 e. The van der Waals surface area contributed by atoms with Crippen LogP contribution in [0.25, 0.3) is 0 Å². The molecule has 0 aliphatic carbocycles. The van der Waals surface area contributed by atoms with Crippen LogP contribution in [0.5, 0.6) is 0 Å². The summed E-state index contributed by atoms with van der Waals surface area (Å²) < 4.78 is 38.9. The summed E-state index contributed by atoms with van der Waals surface area (Å²) in [5.41, 5.74) is 10.7. The van der Waals surface area contributed by atoms with Gasteiger partial charge in [0.2, 0.25) is 0 Å². The van der Waals surface area contributed by atoms with Crippen LogP contribution in [-0.4, -0.2) is 6.03 Å². The molecule has 0 fully saturated rings. The first-order chi connectivity index (χ1) is 10.7. The number of halogens is 3. The van der Waals surface area contributed by atoms with Gasteiger partial charge in [0.05, 0.1) is 5.56 Å². The fourth-order valence-electron chi connectivity index (χ4n) is 2.04. The summed E-state index contributed by atoms with van der Waals surface area (Å²) in [5.74, 6) is 0. The largest absolute Gasteiger partial charge is 0.416 e. The highest BCUT2D eigenvalue weighted by molar-refractivity contribution is 5.74. The number of rotatable bonds is 6. The summed E-state index contributed by atoms with van der Waals surface area (Å²) in [7, 11) is 0. The van der Waals surface area contributed by atoms with Crippen molar-refractivity contribution in [3.8, 4) is 0 Å². The van der Waals surface area contributed by atoms with E-state index in [1.54, 1.807) is 6.07 Å². The van der Waals surface area contributed by atoms with Gasteiger partial charge in [-0.1, -0.05) is 24.8 Å². The van der Waals surface area contributed by atoms with E-state index < -0.39 is 17.8 Å². The van der Waals surface area contributed by atoms with Crippen molar-refractivity contribution in [3.05, 3.63) is 71.6 Å². The molecule has 0 atom stereocenters. The second-order valence-corrected chi connectivity index (χ2v) is 4.75. The molecule has 0 saturated heterocycles. The van der Waals surface area contributed by atoms with E-state index in [2.05, 4.69) is 11.9 Å². The molecule has 0 aliphatic heterocycles. The molecular formula is C16H18F3N3O. The Morgan fingerprint density at radius 3 is 2.52 bits per heavy atom. The number of hydrogen-bond acceptors (Lipinski definition) is 2. The normalized spacial score (nSPS) is 12.4. The van der Waals surface area contributed by atoms with E-state index >= 15 is 0 Å². The fourth-order valence-corrected chi connectivity index (χ4v) is 2.04. The van der Waals surface area contributed by atoms with Gasteiger partial charge >= 0.3 is 12.2 Å². The molecule has 0 saturated carbocycles. The van der Waals surface area contributed by atoms with Crippen molar-refractivity contribution in [2.24, 2.45) is 11.5 Å². The summed E-state index contributed by atoms with van der Waals surface area (Å²) >= 11 is 0. The Labute approximate surface area is 132 Å². The maximum absolute atomic E-state index is 13.0. The molecule has 0 aliphatic rings. The van der Waals surface area contributed by atoms with Crippen LogP contribution in [0.15, 0.2) is 60.5 Å². The lowest BCUT2D eigenvalue weighted by Crippen LogP contribution is -2.27. The Bertz CT molecular complexity index is 634. The number of benzene rings is 1. The highest BCUT2D eigenvalue weighted by Crippen LogP contribution is 2.32. The molecule has 1 rings (SSSR count). The van der Waals surface area contributed by atoms with Gasteiger partial charge in [-0.15, -0.1) is 0 Å². The van der Waals surface area contributed by atoms with Crippen LogP contribution in [0.2, 0.25) is 0 Å². The number of carbonyl (C=O) groups excluding carboxylic acids is 1. The molecule has 0 spiro atoms. The minimum absolute atomic E-state index is 0.162. The van der Waals surface area contributed by atoms with Crippen molar-refractivity contribution in [3.63, 3.8) is 0 Å². The van der Waals surface area contributed by atoms with Crippen molar-refractivity contribution < 1.29 is 18.0 Å². The van der Waals surface area contributed by atoms with E-state index in [1.165, 1.54) is 30.5 Å². The number of hydrogen-bond donors (Lipinski definition) is 3. The Hall–Kier alpha value is -2.70. The zero-order valence-corrected chi connectivity index (χ0v) is 12.4. The van der Waals surface area contributed by atoms with E-state index in [0.717, 1.165) is 6.07 Å². The summed E-state index contributed by atoms with van der Waals surface area (Å²) in [6.45, 7) is 3.59. The molecule has 0 aromatic heterocycles. The van der Waals surface area contributed by atoms with E-state index in [4.69, 9.17) is 11.5 Å². The number of urea groups is 1. The Kier molecular flexibility index (Phi) is 6.44. The molecule has 0 unspecified atom stereocenters. The van der Waals surface area contributed by atoms with Gasteiger partial charge in [-0.25, -0.2) is 4.79 Å². The summed E-state index contributed by atoms with van der Waals surface area (Å²) in [6.07, 6.45) is 0.352. The van der Waals surface area contributed by atoms with Crippen molar-refractivity contribution in [1.29, 1.82) is 0 Å². The van der Waals surface area contributed by atoms with Crippen molar-refractivity contribution in [1.82, 2.24) is 5.32 Å². The Balaban J connectivity index is 2.91. The van der Waals surface area contributed by atoms with Gasteiger partial charge in [0.1, 0.15) is 0 Å². The van der Waals surface area contributed by atoms with Crippen molar-refractivity contribution >= 4 is 6.03 Å². The number of carbonyl (C=O) groups is 1. The molecule has 1 aromatic rings. The SMILES string of the molecule is C=C(/C=C(\C=C/N)CCc1ccccc1C(F)(F)F)NC(N)=O. The van der Waals surface area contributed by atoms with Gasteiger partial charge in [-0.2, -0.15) is 13.2 Å². The highest BCUT2D eigenvalue weighted by atomic mass is 19.4. The third-order valence-electron chi connectivity index (χ3n) is 2.96. The average molecular weight is 325 g/mol. The first kappa shape index (κ1) is 18.3. The molecule has 4 nitrogen and oxygen atoms in total. The lowest BCUT2D eigenvalue weighted by atomic mass is 9.99. The predicted molar refractivity (Wildman–Crippen MR) is 83.0 cm³/mol. The standard InChI is InChI=1S/C16H18F3N3O/c1-11(22-15(21)23)10-12(8-9-20)6-7-13-4-2-3-5-14(13)16(17,18)19/h2-5,8-10H,1,6-7,20H2,(H3,21,22,23)/b9-8-,12-10-. The monoisotopic (exact) mass is 325 g/mol. The zero-order valence-electron chi connectivity index (χ0n) is 12.4. The van der Waals surface area contributed by atoms with E-state index in [9.17, 15) is 18.0 Å². The summed E-state index contributed by atoms with van der Waals surface area (Å²) in [4.78, 5) is 10.7. The van der Waals surface area contributed by atoms with Crippen LogP contribution < -0.4 is 16.8 Å². The Morgan fingerprint density at radius 1 is 1.30 bits per heavy atom. The average Bonchev–Trinajstić information content (AvgIpc) is 2.43. The molecule has 5 N–H and O–H groups in total. The number of aryl methyl sites for hydroxylation is 1. The fraction of sp³-hybridized carbons (Fsp3) is 0.188. The number of nitrogens with one attached hydrogen (secondary N) is 1. The van der Waals surface area contributed by atoms with Crippen molar-refractivity contribution in [2.45, 2.75) is 19.0 Å². The van der Waals surface area contributed by atoms with Gasteiger partial charge in [0, 0.05) is 5.70 Å². The topological polar surface area (TPSA) is 81.1 Å². The van der Waals surface area contributed by atoms with E-state index in [1.807, 2.05) is 0 Å². The van der Waals surface area contributed by atoms with Gasteiger partial charge in [0.25, 0.3) is 0 Å². The minimum atomic E-state index is -4.40. The molecule has 23 heavy (non-hydrogen) atoms. The second kappa shape index (κ2) is 8.07. The van der Waals surface area contributed by atoms with E-state index in [0.29, 0.717) is 12.0 Å². The highest BCUT2D eigenvalue weighted by Gasteiger charge is 2.32. The van der Waals surface area contributed by atoms with E-state index in [-0.39, 0.29) is 17.7 Å². The number of alkyl halides is 3. The number of nitrogens with two attached hydrogens (primary N) is 2. The first-order valence-corrected chi connectivity index (χ1v) is 6.73. The van der Waals surface area contributed by atoms with Gasteiger partial charge < -0.3 is 16.8 Å². The molecule has 0 heterocycles. The molecule has 1 aromatic carbocycles. The van der Waals surface area contributed by atoms with Gasteiger partial charge in [0.15, 0.2) is 0 Å². The number of primary amides is 1. The van der Waals surface area contributed by atoms with Crippen LogP contribution in [0, 0.1) is 0 Å². The number of amides is 2. The summed E-state index contributed by atoms with van der Waals surface area (Å²) in [5, 5.41) is 2.28. The maximum atomic E-state index is 13.0. The third-order valence-corrected chi connectivity index (χ3v) is 2.96. The van der Waals surface area contributed by atoms with Crippen LogP contribution in [0.1, 0.15) is 17.5 Å². The van der Waals surface area contributed by atoms with Gasteiger partial charge in [-0.05, 0) is 48.4 Å². The lowest BCUT2D eigenvalue weighted by Gasteiger charge is -2.13. The predicted octanol–water partition coefficient (Wildman–Crippen LogP) is 3.22. The molecule has 2 amide bonds. The van der Waals surface area contributed by atoms with Crippen LogP contribution >= 0.6 is 0 Å². The van der Waals surface area contributed by atoms with Crippen LogP contribution in [0.4, 0.5) is 18.0 Å². The Morgan fingerprint density at radius 2 is 1.96 bits per heavy atom. The first-order valence-electron chi connectivity index (χ1n) is 6.73. The number of allylic oxidation sites excluding steroid dienone is 3. The zero-order chi connectivity index (χ0) is 17.5.